The topological polar surface area (TPSA) is 87.1 Å². The summed E-state index contributed by atoms with van der Waals surface area (Å²) in [6.45, 7) is 4.17. The molecule has 140 valence electrons. The van der Waals surface area contributed by atoms with E-state index in [4.69, 9.17) is 17.0 Å². The molecule has 0 aromatic heterocycles. The molecule has 0 radical (unpaired) electrons. The van der Waals surface area contributed by atoms with Gasteiger partial charge in [-0.25, -0.2) is 4.79 Å². The molecule has 1 amide bonds. The average molecular weight is 396 g/mol. The highest BCUT2D eigenvalue weighted by molar-refractivity contribution is 8.26. The molecule has 26 heavy (non-hydrogen) atoms. The highest BCUT2D eigenvalue weighted by Gasteiger charge is 2.40. The zero-order valence-corrected chi connectivity index (χ0v) is 16.2. The predicted molar refractivity (Wildman–Crippen MR) is 105 cm³/mol. The van der Waals surface area contributed by atoms with Gasteiger partial charge in [-0.3, -0.25) is 9.69 Å². The first kappa shape index (κ1) is 20.3. The Morgan fingerprint density at radius 3 is 2.77 bits per heavy atom. The highest BCUT2D eigenvalue weighted by Crippen LogP contribution is 2.36. The van der Waals surface area contributed by atoms with Gasteiger partial charge in [-0.05, 0) is 37.1 Å². The third kappa shape index (κ3) is 4.56. The summed E-state index contributed by atoms with van der Waals surface area (Å²) in [5.41, 5.74) is 0.659. The standard InChI is InChI=1S/C18H21NO5S2/c1-3-5-6-12(17(22)23)19-16(21)15(26-18(19)25)10-11-7-8-13(20)14(9-11)24-4-2/h7-10,12,20H,3-6H2,1-2H3,(H,22,23)/b15-10-/t12-/m1/s1. The lowest BCUT2D eigenvalue weighted by atomic mass is 10.1. The fraction of sp³-hybridized carbons (Fsp3) is 0.389. The third-order valence-corrected chi connectivity index (χ3v) is 5.16. The molecule has 0 unspecified atom stereocenters. The summed E-state index contributed by atoms with van der Waals surface area (Å²) in [7, 11) is 0. The van der Waals surface area contributed by atoms with Crippen molar-refractivity contribution in [2.75, 3.05) is 6.61 Å². The van der Waals surface area contributed by atoms with Gasteiger partial charge in [-0.1, -0.05) is 49.8 Å². The number of carboxylic acid groups (broad SMARTS) is 1. The molecule has 1 aromatic rings. The normalized spacial score (nSPS) is 17.0. The summed E-state index contributed by atoms with van der Waals surface area (Å²) in [5.74, 6) is -1.13. The maximum absolute atomic E-state index is 12.7. The van der Waals surface area contributed by atoms with Crippen molar-refractivity contribution in [1.82, 2.24) is 4.90 Å². The van der Waals surface area contributed by atoms with Crippen molar-refractivity contribution in [1.29, 1.82) is 0 Å². The average Bonchev–Trinajstić information content (AvgIpc) is 2.86. The van der Waals surface area contributed by atoms with Crippen LogP contribution in [0.3, 0.4) is 0 Å². The highest BCUT2D eigenvalue weighted by atomic mass is 32.2. The Kier molecular flexibility index (Phi) is 7.05. The van der Waals surface area contributed by atoms with Crippen LogP contribution in [0.15, 0.2) is 23.1 Å². The lowest BCUT2D eigenvalue weighted by Gasteiger charge is -2.22. The molecule has 1 heterocycles. The van der Waals surface area contributed by atoms with Crippen LogP contribution in [0.25, 0.3) is 6.08 Å². The number of hydrogen-bond acceptors (Lipinski definition) is 6. The molecule has 1 saturated heterocycles. The Morgan fingerprint density at radius 1 is 1.42 bits per heavy atom. The van der Waals surface area contributed by atoms with Gasteiger partial charge in [0.15, 0.2) is 11.5 Å². The van der Waals surface area contributed by atoms with E-state index in [0.29, 0.717) is 35.7 Å². The van der Waals surface area contributed by atoms with Gasteiger partial charge in [-0.2, -0.15) is 0 Å². The van der Waals surface area contributed by atoms with Crippen LogP contribution in [0.5, 0.6) is 11.5 Å². The largest absolute Gasteiger partial charge is 0.504 e. The molecule has 1 fully saturated rings. The van der Waals surface area contributed by atoms with Gasteiger partial charge in [0.05, 0.1) is 11.5 Å². The van der Waals surface area contributed by atoms with Crippen LogP contribution in [0.2, 0.25) is 0 Å². The number of phenolic OH excluding ortho intramolecular Hbond substituents is 1. The number of aliphatic carboxylic acids is 1. The number of hydrogen-bond donors (Lipinski definition) is 2. The minimum Gasteiger partial charge on any atom is -0.504 e. The van der Waals surface area contributed by atoms with E-state index in [-0.39, 0.29) is 10.1 Å². The molecule has 0 saturated carbocycles. The van der Waals surface area contributed by atoms with Crippen molar-refractivity contribution in [2.24, 2.45) is 0 Å². The number of rotatable bonds is 8. The number of carbonyl (C=O) groups excluding carboxylic acids is 1. The number of carboxylic acids is 1. The summed E-state index contributed by atoms with van der Waals surface area (Å²) in [6.07, 6.45) is 3.52. The van der Waals surface area contributed by atoms with Gasteiger partial charge >= 0.3 is 5.97 Å². The van der Waals surface area contributed by atoms with Gasteiger partial charge in [0, 0.05) is 0 Å². The molecule has 1 aliphatic rings. The van der Waals surface area contributed by atoms with Crippen LogP contribution in [0, 0.1) is 0 Å². The first-order chi connectivity index (χ1) is 12.4. The van der Waals surface area contributed by atoms with E-state index in [2.05, 4.69) is 0 Å². The molecule has 0 aliphatic carbocycles. The summed E-state index contributed by atoms with van der Waals surface area (Å²) < 4.78 is 5.58. The predicted octanol–water partition coefficient (Wildman–Crippen LogP) is 3.64. The van der Waals surface area contributed by atoms with E-state index in [1.807, 2.05) is 6.92 Å². The molecule has 2 N–H and O–H groups in total. The van der Waals surface area contributed by atoms with Gasteiger partial charge in [0.2, 0.25) is 0 Å². The Hall–Kier alpha value is -2.06. The monoisotopic (exact) mass is 395 g/mol. The van der Waals surface area contributed by atoms with E-state index in [1.54, 1.807) is 25.1 Å². The van der Waals surface area contributed by atoms with Crippen molar-refractivity contribution in [3.63, 3.8) is 0 Å². The number of aromatic hydroxyl groups is 1. The maximum Gasteiger partial charge on any atom is 0.326 e. The van der Waals surface area contributed by atoms with Crippen LogP contribution in [-0.4, -0.2) is 44.0 Å². The van der Waals surface area contributed by atoms with E-state index in [1.165, 1.54) is 11.0 Å². The first-order valence-corrected chi connectivity index (χ1v) is 9.57. The number of amides is 1. The van der Waals surface area contributed by atoms with Crippen molar-refractivity contribution in [3.05, 3.63) is 28.7 Å². The molecule has 0 spiro atoms. The molecule has 6 nitrogen and oxygen atoms in total. The number of phenols is 1. The number of unbranched alkanes of at least 4 members (excludes halogenated alkanes) is 1. The Bertz CT molecular complexity index is 747. The second-order valence-corrected chi connectivity index (χ2v) is 7.38. The molecule has 2 rings (SSSR count). The summed E-state index contributed by atoms with van der Waals surface area (Å²) in [6, 6.07) is 3.80. The van der Waals surface area contributed by atoms with Crippen molar-refractivity contribution in [3.8, 4) is 11.5 Å². The molecular formula is C18H21NO5S2. The Balaban J connectivity index is 2.28. The fourth-order valence-corrected chi connectivity index (χ4v) is 3.91. The summed E-state index contributed by atoms with van der Waals surface area (Å²) in [5, 5.41) is 19.2. The first-order valence-electron chi connectivity index (χ1n) is 8.34. The van der Waals surface area contributed by atoms with E-state index < -0.39 is 17.9 Å². The minimum absolute atomic E-state index is 0.0158. The SMILES string of the molecule is CCCC[C@H](C(=O)O)N1C(=O)/C(=C/c2ccc(O)c(OCC)c2)SC1=S. The Morgan fingerprint density at radius 2 is 2.15 bits per heavy atom. The fourth-order valence-electron chi connectivity index (χ4n) is 2.55. The molecule has 1 aromatic carbocycles. The van der Waals surface area contributed by atoms with E-state index >= 15 is 0 Å². The number of benzene rings is 1. The Labute approximate surface area is 161 Å². The lowest BCUT2D eigenvalue weighted by Crippen LogP contribution is -2.43. The smallest absolute Gasteiger partial charge is 0.326 e. The van der Waals surface area contributed by atoms with E-state index in [0.717, 1.165) is 18.2 Å². The van der Waals surface area contributed by atoms with Crippen LogP contribution < -0.4 is 4.74 Å². The van der Waals surface area contributed by atoms with Crippen LogP contribution in [0.1, 0.15) is 38.7 Å². The molecule has 1 aliphatic heterocycles. The molecule has 8 heteroatoms. The number of nitrogens with zero attached hydrogens (tertiary/aromatic N) is 1. The van der Waals surface area contributed by atoms with Gasteiger partial charge in [0.25, 0.3) is 5.91 Å². The lowest BCUT2D eigenvalue weighted by molar-refractivity contribution is -0.145. The second kappa shape index (κ2) is 9.05. The number of ether oxygens (including phenoxy) is 1. The minimum atomic E-state index is -1.06. The van der Waals surface area contributed by atoms with Crippen LogP contribution in [0.4, 0.5) is 0 Å². The van der Waals surface area contributed by atoms with Crippen molar-refractivity contribution < 1.29 is 24.5 Å². The number of thioether (sulfide) groups is 1. The van der Waals surface area contributed by atoms with Crippen LogP contribution in [-0.2, 0) is 9.59 Å². The summed E-state index contributed by atoms with van der Waals surface area (Å²) >= 11 is 6.33. The molecule has 0 bridgehead atoms. The third-order valence-electron chi connectivity index (χ3n) is 3.83. The quantitative estimate of drug-likeness (QED) is 0.513. The number of carbonyl (C=O) groups is 2. The van der Waals surface area contributed by atoms with Gasteiger partial charge in [0.1, 0.15) is 10.4 Å². The molecule has 1 atom stereocenters. The van der Waals surface area contributed by atoms with Gasteiger partial charge in [-0.15, -0.1) is 0 Å². The van der Waals surface area contributed by atoms with E-state index in [9.17, 15) is 19.8 Å². The number of thiocarbonyl (C=S) groups is 1. The summed E-state index contributed by atoms with van der Waals surface area (Å²) in [4.78, 5) is 25.8. The zero-order valence-electron chi connectivity index (χ0n) is 14.6. The second-order valence-electron chi connectivity index (χ2n) is 5.71. The van der Waals surface area contributed by atoms with Crippen LogP contribution >= 0.6 is 24.0 Å². The maximum atomic E-state index is 12.7. The van der Waals surface area contributed by atoms with Crippen molar-refractivity contribution >= 4 is 46.3 Å². The van der Waals surface area contributed by atoms with Gasteiger partial charge < -0.3 is 14.9 Å². The van der Waals surface area contributed by atoms with Crippen molar-refractivity contribution in [2.45, 2.75) is 39.2 Å². The zero-order chi connectivity index (χ0) is 19.3. The molecular weight excluding hydrogens is 374 g/mol.